The Morgan fingerprint density at radius 1 is 1.50 bits per heavy atom. The van der Waals surface area contributed by atoms with E-state index in [1.165, 1.54) is 12.3 Å². The van der Waals surface area contributed by atoms with E-state index in [9.17, 15) is 13.2 Å². The van der Waals surface area contributed by atoms with Crippen LogP contribution < -0.4 is 4.74 Å². The average Bonchev–Trinajstić information content (AvgIpc) is 2.15. The van der Waals surface area contributed by atoms with E-state index in [1.807, 2.05) is 0 Å². The Kier molecular flexibility index (Phi) is 3.21. The molecule has 0 aliphatic heterocycles. The van der Waals surface area contributed by atoms with Crippen LogP contribution in [0.1, 0.15) is 11.1 Å². The van der Waals surface area contributed by atoms with Gasteiger partial charge in [-0.05, 0) is 11.6 Å². The predicted molar refractivity (Wildman–Crippen MR) is 45.3 cm³/mol. The van der Waals surface area contributed by atoms with Crippen LogP contribution in [0.5, 0.6) is 5.88 Å². The maximum Gasteiger partial charge on any atom is 0.421 e. The molecule has 0 radical (unpaired) electrons. The molecule has 0 saturated heterocycles. The lowest BCUT2D eigenvalue weighted by molar-refractivity contribution is -0.139. The quantitative estimate of drug-likeness (QED) is 0.722. The molecule has 6 heteroatoms. The van der Waals surface area contributed by atoms with Crippen molar-refractivity contribution >= 4 is 11.6 Å². The van der Waals surface area contributed by atoms with Crippen LogP contribution in [0.4, 0.5) is 13.2 Å². The minimum atomic E-state index is -4.50. The molecule has 0 unspecified atom stereocenters. The molecular weight excluding hydrogens is 219 g/mol. The standard InChI is InChI=1S/C8H7ClF3NO/c1-14-7-6(8(10,11)12)5(4-9)2-3-13-7/h2-3H,4H2,1H3. The molecule has 0 fully saturated rings. The van der Waals surface area contributed by atoms with Crippen LogP contribution >= 0.6 is 11.6 Å². The third-order valence-corrected chi connectivity index (χ3v) is 1.91. The van der Waals surface area contributed by atoms with Crippen molar-refractivity contribution in [1.82, 2.24) is 4.98 Å². The Balaban J connectivity index is 3.34. The number of halogens is 4. The highest BCUT2D eigenvalue weighted by atomic mass is 35.5. The van der Waals surface area contributed by atoms with Crippen molar-refractivity contribution < 1.29 is 17.9 Å². The Labute approximate surface area is 83.7 Å². The van der Waals surface area contributed by atoms with Crippen molar-refractivity contribution in [3.8, 4) is 5.88 Å². The van der Waals surface area contributed by atoms with Crippen LogP contribution in [0.15, 0.2) is 12.3 Å². The highest BCUT2D eigenvalue weighted by Gasteiger charge is 2.37. The van der Waals surface area contributed by atoms with Gasteiger partial charge in [0.15, 0.2) is 0 Å². The topological polar surface area (TPSA) is 22.1 Å². The summed E-state index contributed by atoms with van der Waals surface area (Å²) in [5.41, 5.74) is -0.941. The third-order valence-electron chi connectivity index (χ3n) is 1.62. The van der Waals surface area contributed by atoms with Gasteiger partial charge in [-0.15, -0.1) is 11.6 Å². The van der Waals surface area contributed by atoms with Crippen molar-refractivity contribution in [3.05, 3.63) is 23.4 Å². The van der Waals surface area contributed by atoms with Gasteiger partial charge in [0, 0.05) is 12.1 Å². The van der Waals surface area contributed by atoms with E-state index in [-0.39, 0.29) is 11.4 Å². The zero-order valence-corrected chi connectivity index (χ0v) is 7.99. The Morgan fingerprint density at radius 2 is 2.14 bits per heavy atom. The Morgan fingerprint density at radius 3 is 2.57 bits per heavy atom. The van der Waals surface area contributed by atoms with Gasteiger partial charge < -0.3 is 4.74 Å². The van der Waals surface area contributed by atoms with Gasteiger partial charge in [-0.1, -0.05) is 0 Å². The van der Waals surface area contributed by atoms with Gasteiger partial charge in [0.05, 0.1) is 7.11 Å². The number of methoxy groups -OCH3 is 1. The predicted octanol–water partition coefficient (Wildman–Crippen LogP) is 2.85. The van der Waals surface area contributed by atoms with Gasteiger partial charge in [-0.25, -0.2) is 4.98 Å². The summed E-state index contributed by atoms with van der Waals surface area (Å²) in [5.74, 6) is -0.677. The van der Waals surface area contributed by atoms with E-state index in [2.05, 4.69) is 9.72 Å². The minimum absolute atomic E-state index is 0.0361. The van der Waals surface area contributed by atoms with E-state index in [0.29, 0.717) is 0 Å². The molecule has 1 aromatic rings. The molecule has 2 nitrogen and oxygen atoms in total. The van der Waals surface area contributed by atoms with Crippen LogP contribution in [-0.2, 0) is 12.1 Å². The van der Waals surface area contributed by atoms with Crippen LogP contribution in [0, 0.1) is 0 Å². The first kappa shape index (κ1) is 11.1. The van der Waals surface area contributed by atoms with Crippen molar-refractivity contribution in [2.75, 3.05) is 7.11 Å². The fourth-order valence-corrected chi connectivity index (χ4v) is 1.27. The second-order valence-corrected chi connectivity index (χ2v) is 2.75. The first-order chi connectivity index (χ1) is 6.50. The fourth-order valence-electron chi connectivity index (χ4n) is 1.05. The lowest BCUT2D eigenvalue weighted by atomic mass is 10.1. The van der Waals surface area contributed by atoms with Gasteiger partial charge in [0.1, 0.15) is 5.56 Å². The molecule has 0 atom stereocenters. The molecule has 1 heterocycles. The van der Waals surface area contributed by atoms with Gasteiger partial charge in [0.2, 0.25) is 5.88 Å². The van der Waals surface area contributed by atoms with E-state index in [4.69, 9.17) is 11.6 Å². The summed E-state index contributed by atoms with van der Waals surface area (Å²) < 4.78 is 42.0. The van der Waals surface area contributed by atoms with Crippen molar-refractivity contribution in [2.45, 2.75) is 12.1 Å². The Bertz CT molecular complexity index is 305. The number of hydrogen-bond acceptors (Lipinski definition) is 2. The van der Waals surface area contributed by atoms with E-state index < -0.39 is 17.6 Å². The van der Waals surface area contributed by atoms with E-state index >= 15 is 0 Å². The van der Waals surface area contributed by atoms with Gasteiger partial charge >= 0.3 is 6.18 Å². The maximum absolute atomic E-state index is 12.5. The number of alkyl halides is 4. The van der Waals surface area contributed by atoms with Crippen molar-refractivity contribution in [3.63, 3.8) is 0 Å². The summed E-state index contributed by atoms with van der Waals surface area (Å²) in [7, 11) is 1.13. The van der Waals surface area contributed by atoms with E-state index in [0.717, 1.165) is 7.11 Å². The maximum atomic E-state index is 12.5. The summed E-state index contributed by atoms with van der Waals surface area (Å²) in [5, 5.41) is 0. The molecule has 14 heavy (non-hydrogen) atoms. The number of aromatic nitrogens is 1. The molecule has 1 rings (SSSR count). The fraction of sp³-hybridized carbons (Fsp3) is 0.375. The monoisotopic (exact) mass is 225 g/mol. The number of pyridine rings is 1. The third kappa shape index (κ3) is 2.09. The average molecular weight is 226 g/mol. The normalized spacial score (nSPS) is 11.5. The second kappa shape index (κ2) is 4.04. The highest BCUT2D eigenvalue weighted by molar-refractivity contribution is 6.17. The zero-order chi connectivity index (χ0) is 10.8. The minimum Gasteiger partial charge on any atom is -0.481 e. The molecule has 0 aliphatic carbocycles. The van der Waals surface area contributed by atoms with Crippen molar-refractivity contribution in [1.29, 1.82) is 0 Å². The van der Waals surface area contributed by atoms with Gasteiger partial charge in [-0.2, -0.15) is 13.2 Å². The second-order valence-electron chi connectivity index (χ2n) is 2.49. The first-order valence-electron chi connectivity index (χ1n) is 3.65. The summed E-state index contributed by atoms with van der Waals surface area (Å²) >= 11 is 5.38. The van der Waals surface area contributed by atoms with Crippen LogP contribution in [0.2, 0.25) is 0 Å². The summed E-state index contributed by atoms with van der Waals surface area (Å²) in [4.78, 5) is 3.47. The summed E-state index contributed by atoms with van der Waals surface area (Å²) in [6, 6.07) is 1.22. The van der Waals surface area contributed by atoms with Crippen LogP contribution in [-0.4, -0.2) is 12.1 Å². The molecule has 78 valence electrons. The lowest BCUT2D eigenvalue weighted by Gasteiger charge is -2.13. The number of nitrogens with zero attached hydrogens (tertiary/aromatic N) is 1. The molecule has 0 saturated carbocycles. The zero-order valence-electron chi connectivity index (χ0n) is 7.23. The molecule has 1 aromatic heterocycles. The number of hydrogen-bond donors (Lipinski definition) is 0. The Hall–Kier alpha value is -0.970. The van der Waals surface area contributed by atoms with Gasteiger partial charge in [0.25, 0.3) is 0 Å². The highest BCUT2D eigenvalue weighted by Crippen LogP contribution is 2.37. The summed E-state index contributed by atoms with van der Waals surface area (Å²) in [6.45, 7) is 0. The molecule has 0 spiro atoms. The molecule has 0 N–H and O–H groups in total. The number of rotatable bonds is 2. The van der Waals surface area contributed by atoms with Gasteiger partial charge in [-0.3, -0.25) is 0 Å². The lowest BCUT2D eigenvalue weighted by Crippen LogP contribution is -2.11. The molecule has 0 bridgehead atoms. The molecule has 0 amide bonds. The smallest absolute Gasteiger partial charge is 0.421 e. The van der Waals surface area contributed by atoms with Crippen LogP contribution in [0.25, 0.3) is 0 Å². The molecular formula is C8H7ClF3NO. The number of ether oxygens (including phenoxy) is 1. The summed E-state index contributed by atoms with van der Waals surface area (Å²) in [6.07, 6.45) is -3.27. The van der Waals surface area contributed by atoms with Crippen LogP contribution in [0.3, 0.4) is 0 Å². The molecule has 0 aliphatic rings. The van der Waals surface area contributed by atoms with Crippen molar-refractivity contribution in [2.24, 2.45) is 0 Å². The SMILES string of the molecule is COc1nccc(CCl)c1C(F)(F)F. The largest absolute Gasteiger partial charge is 0.481 e. The van der Waals surface area contributed by atoms with E-state index in [1.54, 1.807) is 0 Å². The first-order valence-corrected chi connectivity index (χ1v) is 4.19. The molecule has 0 aromatic carbocycles.